The number of aryl methyl sites for hydroxylation is 1. The van der Waals surface area contributed by atoms with Crippen LogP contribution in [0.5, 0.6) is 11.5 Å². The van der Waals surface area contributed by atoms with Gasteiger partial charge in [0, 0.05) is 6.04 Å². The summed E-state index contributed by atoms with van der Waals surface area (Å²) in [6.07, 6.45) is 4.24. The smallest absolute Gasteiger partial charge is 0.161 e. The molecule has 3 nitrogen and oxygen atoms in total. The average molecular weight is 277 g/mol. The quantitative estimate of drug-likeness (QED) is 0.915. The summed E-state index contributed by atoms with van der Waals surface area (Å²) in [5, 5.41) is 0. The molecule has 2 unspecified atom stereocenters. The second-order valence-corrected chi connectivity index (χ2v) is 6.57. The summed E-state index contributed by atoms with van der Waals surface area (Å²) in [6.45, 7) is 6.70. The maximum atomic E-state index is 6.23. The summed E-state index contributed by atoms with van der Waals surface area (Å²) < 4.78 is 11.6. The number of rotatable bonds is 4. The molecule has 0 bridgehead atoms. The first kappa shape index (κ1) is 15.2. The molecule has 0 saturated heterocycles. The zero-order chi connectivity index (χ0) is 14.8. The molecule has 0 radical (unpaired) electrons. The maximum Gasteiger partial charge on any atom is 0.161 e. The molecular weight excluding hydrogens is 250 g/mol. The van der Waals surface area contributed by atoms with Gasteiger partial charge in [0.1, 0.15) is 6.10 Å². The van der Waals surface area contributed by atoms with Gasteiger partial charge in [0.05, 0.1) is 7.11 Å². The van der Waals surface area contributed by atoms with E-state index in [2.05, 4.69) is 32.9 Å². The molecule has 0 aliphatic heterocycles. The second-order valence-electron chi connectivity index (χ2n) is 6.57. The van der Waals surface area contributed by atoms with Crippen LogP contribution in [0.2, 0.25) is 0 Å². The number of benzene rings is 1. The largest absolute Gasteiger partial charge is 0.493 e. The highest BCUT2D eigenvalue weighted by Crippen LogP contribution is 2.38. The predicted octanol–water partition coefficient (Wildman–Crippen LogP) is 3.54. The standard InChI is InChI=1S/C17H27NO2/c1-5-12-6-7-14(15(10-12)19-4)20-16-11-17(2,3)9-8-13(16)18/h6-7,10,13,16H,5,8-9,11,18H2,1-4H3. The van der Waals surface area contributed by atoms with Crippen molar-refractivity contribution in [2.75, 3.05) is 7.11 Å². The Balaban J connectivity index is 2.16. The Bertz CT molecular complexity index is 456. The summed E-state index contributed by atoms with van der Waals surface area (Å²) in [6, 6.07) is 6.26. The van der Waals surface area contributed by atoms with Gasteiger partial charge in [0.15, 0.2) is 11.5 Å². The summed E-state index contributed by atoms with van der Waals surface area (Å²) in [5.74, 6) is 1.61. The number of methoxy groups -OCH3 is 1. The summed E-state index contributed by atoms with van der Waals surface area (Å²) in [4.78, 5) is 0. The molecule has 0 spiro atoms. The summed E-state index contributed by atoms with van der Waals surface area (Å²) in [5.41, 5.74) is 7.78. The molecule has 1 aromatic carbocycles. The van der Waals surface area contributed by atoms with Crippen molar-refractivity contribution < 1.29 is 9.47 Å². The lowest BCUT2D eigenvalue weighted by Gasteiger charge is -2.39. The minimum absolute atomic E-state index is 0.0696. The van der Waals surface area contributed by atoms with Crippen LogP contribution < -0.4 is 15.2 Å². The lowest BCUT2D eigenvalue weighted by molar-refractivity contribution is 0.0647. The number of hydrogen-bond acceptors (Lipinski definition) is 3. The highest BCUT2D eigenvalue weighted by Gasteiger charge is 2.34. The Labute approximate surface area is 122 Å². The van der Waals surface area contributed by atoms with Crippen LogP contribution in [-0.4, -0.2) is 19.3 Å². The van der Waals surface area contributed by atoms with Crippen molar-refractivity contribution in [3.8, 4) is 11.5 Å². The van der Waals surface area contributed by atoms with Crippen LogP contribution in [0, 0.1) is 5.41 Å². The Morgan fingerprint density at radius 3 is 2.70 bits per heavy atom. The molecule has 112 valence electrons. The summed E-state index contributed by atoms with van der Waals surface area (Å²) >= 11 is 0. The molecule has 3 heteroatoms. The van der Waals surface area contributed by atoms with Gasteiger partial charge in [-0.2, -0.15) is 0 Å². The highest BCUT2D eigenvalue weighted by molar-refractivity contribution is 5.43. The summed E-state index contributed by atoms with van der Waals surface area (Å²) in [7, 11) is 1.69. The van der Waals surface area contributed by atoms with Crippen LogP contribution in [0.3, 0.4) is 0 Å². The van der Waals surface area contributed by atoms with Gasteiger partial charge >= 0.3 is 0 Å². The third kappa shape index (κ3) is 3.45. The molecule has 0 aromatic heterocycles. The fourth-order valence-electron chi connectivity index (χ4n) is 2.86. The monoisotopic (exact) mass is 277 g/mol. The molecule has 1 fully saturated rings. The third-order valence-corrected chi connectivity index (χ3v) is 4.30. The maximum absolute atomic E-state index is 6.23. The van der Waals surface area contributed by atoms with E-state index in [0.717, 1.165) is 30.8 Å². The van der Waals surface area contributed by atoms with Gasteiger partial charge in [-0.05, 0) is 48.8 Å². The lowest BCUT2D eigenvalue weighted by atomic mass is 9.74. The van der Waals surface area contributed by atoms with Crippen molar-refractivity contribution >= 4 is 0 Å². The first-order chi connectivity index (χ1) is 9.45. The van der Waals surface area contributed by atoms with E-state index in [4.69, 9.17) is 15.2 Å². The third-order valence-electron chi connectivity index (χ3n) is 4.30. The van der Waals surface area contributed by atoms with E-state index in [1.807, 2.05) is 6.07 Å². The zero-order valence-corrected chi connectivity index (χ0v) is 13.1. The molecule has 1 aliphatic carbocycles. The van der Waals surface area contributed by atoms with E-state index in [0.29, 0.717) is 5.41 Å². The zero-order valence-electron chi connectivity index (χ0n) is 13.1. The minimum Gasteiger partial charge on any atom is -0.493 e. The molecule has 20 heavy (non-hydrogen) atoms. The normalized spacial score (nSPS) is 25.2. The van der Waals surface area contributed by atoms with Crippen molar-refractivity contribution in [3.63, 3.8) is 0 Å². The van der Waals surface area contributed by atoms with Gasteiger partial charge in [0.25, 0.3) is 0 Å². The second kappa shape index (κ2) is 6.04. The van der Waals surface area contributed by atoms with E-state index in [1.165, 1.54) is 12.0 Å². The number of ether oxygens (including phenoxy) is 2. The first-order valence-electron chi connectivity index (χ1n) is 7.54. The number of nitrogens with two attached hydrogens (primary N) is 1. The molecule has 1 aliphatic rings. The van der Waals surface area contributed by atoms with Crippen LogP contribution >= 0.6 is 0 Å². The van der Waals surface area contributed by atoms with E-state index in [-0.39, 0.29) is 12.1 Å². The molecule has 1 aromatic rings. The fourth-order valence-corrected chi connectivity index (χ4v) is 2.86. The van der Waals surface area contributed by atoms with E-state index >= 15 is 0 Å². The Kier molecular flexibility index (Phi) is 4.59. The Morgan fingerprint density at radius 1 is 1.30 bits per heavy atom. The van der Waals surface area contributed by atoms with Crippen LogP contribution in [-0.2, 0) is 6.42 Å². The number of hydrogen-bond donors (Lipinski definition) is 1. The van der Waals surface area contributed by atoms with Gasteiger partial charge in [-0.15, -0.1) is 0 Å². The molecule has 0 amide bonds. The first-order valence-corrected chi connectivity index (χ1v) is 7.54. The van der Waals surface area contributed by atoms with Crippen LogP contribution in [0.1, 0.15) is 45.6 Å². The Morgan fingerprint density at radius 2 is 2.05 bits per heavy atom. The van der Waals surface area contributed by atoms with Crippen LogP contribution in [0.25, 0.3) is 0 Å². The molecule has 1 saturated carbocycles. The topological polar surface area (TPSA) is 44.5 Å². The van der Waals surface area contributed by atoms with E-state index in [9.17, 15) is 0 Å². The predicted molar refractivity (Wildman–Crippen MR) is 82.4 cm³/mol. The van der Waals surface area contributed by atoms with Crippen molar-refractivity contribution in [1.29, 1.82) is 0 Å². The van der Waals surface area contributed by atoms with Crippen molar-refractivity contribution in [1.82, 2.24) is 0 Å². The van der Waals surface area contributed by atoms with Crippen LogP contribution in [0.4, 0.5) is 0 Å². The molecule has 2 N–H and O–H groups in total. The van der Waals surface area contributed by atoms with Crippen LogP contribution in [0.15, 0.2) is 18.2 Å². The Hall–Kier alpha value is -1.22. The minimum atomic E-state index is 0.0696. The molecule has 2 rings (SSSR count). The van der Waals surface area contributed by atoms with Gasteiger partial charge in [-0.3, -0.25) is 0 Å². The lowest BCUT2D eigenvalue weighted by Crippen LogP contribution is -2.46. The van der Waals surface area contributed by atoms with Gasteiger partial charge in [-0.25, -0.2) is 0 Å². The van der Waals surface area contributed by atoms with Crippen molar-refractivity contribution in [2.24, 2.45) is 11.1 Å². The average Bonchev–Trinajstić information content (AvgIpc) is 2.43. The fraction of sp³-hybridized carbons (Fsp3) is 0.647. The molecular formula is C17H27NO2. The van der Waals surface area contributed by atoms with E-state index < -0.39 is 0 Å². The van der Waals surface area contributed by atoms with Crippen molar-refractivity contribution in [2.45, 2.75) is 58.6 Å². The highest BCUT2D eigenvalue weighted by atomic mass is 16.5. The van der Waals surface area contributed by atoms with E-state index in [1.54, 1.807) is 7.11 Å². The van der Waals surface area contributed by atoms with Crippen molar-refractivity contribution in [3.05, 3.63) is 23.8 Å². The molecule has 2 atom stereocenters. The molecule has 0 heterocycles. The van der Waals surface area contributed by atoms with Gasteiger partial charge in [-0.1, -0.05) is 26.8 Å². The van der Waals surface area contributed by atoms with Gasteiger partial charge < -0.3 is 15.2 Å². The SMILES string of the molecule is CCc1ccc(OC2CC(C)(C)CCC2N)c(OC)c1. The van der Waals surface area contributed by atoms with Gasteiger partial charge in [0.2, 0.25) is 0 Å².